The van der Waals surface area contributed by atoms with Crippen molar-refractivity contribution in [1.82, 2.24) is 5.32 Å². The number of hydrogen-bond acceptors (Lipinski definition) is 10. The molecule has 4 aliphatic rings. The molecule has 4 N–H and O–H groups in total. The fraction of sp³-hybridized carbons (Fsp3) is 0.425. The molecule has 1 spiro atoms. The van der Waals surface area contributed by atoms with Gasteiger partial charge in [-0.1, -0.05) is 25.0 Å². The summed E-state index contributed by atoms with van der Waals surface area (Å²) in [6, 6.07) is 15.8. The number of anilines is 2. The van der Waals surface area contributed by atoms with Gasteiger partial charge in [0.25, 0.3) is 5.91 Å². The number of carbonyl (C=O) groups is 4. The largest absolute Gasteiger partial charge is 0.481 e. The number of nitrogens with one attached hydrogen (secondary N) is 2. The number of Topliss-reactive ketones (excluding diaryl/α,β-unsaturated/α-hetero) is 1. The number of carboxylic acid groups (broad SMARTS) is 2. The maximum atomic E-state index is 13.9. The molecule has 0 unspecified atom stereocenters. The molecule has 13 nitrogen and oxygen atoms in total. The Morgan fingerprint density at radius 1 is 0.778 bits per heavy atom. The summed E-state index contributed by atoms with van der Waals surface area (Å²) in [6.07, 6.45) is 4.17. The average Bonchev–Trinajstić information content (AvgIpc) is 3.32. The zero-order valence-electron chi connectivity index (χ0n) is 29.8. The minimum absolute atomic E-state index is 0.183. The third kappa shape index (κ3) is 6.91. The molecule has 284 valence electrons. The van der Waals surface area contributed by atoms with E-state index in [2.05, 4.69) is 5.32 Å². The summed E-state index contributed by atoms with van der Waals surface area (Å²) < 4.78 is 17.8. The van der Waals surface area contributed by atoms with Crippen molar-refractivity contribution in [2.24, 2.45) is 11.8 Å². The van der Waals surface area contributed by atoms with Gasteiger partial charge in [0.1, 0.15) is 11.5 Å². The first-order valence-electron chi connectivity index (χ1n) is 18.3. The number of fused-ring (bicyclic) bond motifs is 6. The molecule has 14 heteroatoms. The first kappa shape index (κ1) is 37.3. The van der Waals surface area contributed by atoms with Gasteiger partial charge in [0.05, 0.1) is 42.8 Å². The van der Waals surface area contributed by atoms with Crippen molar-refractivity contribution in [3.63, 3.8) is 0 Å². The van der Waals surface area contributed by atoms with E-state index in [1.165, 1.54) is 0 Å². The van der Waals surface area contributed by atoms with Crippen LogP contribution in [0.3, 0.4) is 0 Å². The molecular formula is C40H43ClN4O9. The standard InChI is InChI=1S/C40H43ClN4O9/c41-11-3-1-2-4-13-52-15-16-53-14-12-43-37(47)24-5-8-29-32(17-24)40(36(42)35(29)46)30-9-6-27(44-20-25(21-44)38(48)49)18-33(30)54-34-19-28(7-10-31(34)40)45-22-26(23-45)39(50)51/h5-10,17-19,25-26,42H,1-4,11-16,20-23H2,(H,43,47)(H,48,49)(H,50,51). The van der Waals surface area contributed by atoms with Crippen molar-refractivity contribution >= 4 is 52.3 Å². The third-order valence-corrected chi connectivity index (χ3v) is 11.0. The number of carboxylic acids is 2. The van der Waals surface area contributed by atoms with Gasteiger partial charge in [0.2, 0.25) is 5.78 Å². The molecule has 0 aromatic heterocycles. The fourth-order valence-electron chi connectivity index (χ4n) is 7.66. The van der Waals surface area contributed by atoms with Crippen LogP contribution < -0.4 is 19.9 Å². The number of benzene rings is 3. The summed E-state index contributed by atoms with van der Waals surface area (Å²) in [5.74, 6) is -2.01. The molecule has 2 fully saturated rings. The zero-order chi connectivity index (χ0) is 38.0. The highest BCUT2D eigenvalue weighted by atomic mass is 35.5. The number of unbranched alkanes of at least 4 members (excludes halogenated alkanes) is 3. The predicted molar refractivity (Wildman–Crippen MR) is 201 cm³/mol. The number of nitrogens with zero attached hydrogens (tertiary/aromatic N) is 2. The van der Waals surface area contributed by atoms with Crippen LogP contribution >= 0.6 is 11.6 Å². The third-order valence-electron chi connectivity index (χ3n) is 10.8. The Morgan fingerprint density at radius 2 is 1.35 bits per heavy atom. The maximum absolute atomic E-state index is 13.9. The number of alkyl halides is 1. The van der Waals surface area contributed by atoms with E-state index in [0.29, 0.717) is 97.8 Å². The van der Waals surface area contributed by atoms with Gasteiger partial charge in [0.15, 0.2) is 0 Å². The van der Waals surface area contributed by atoms with Crippen LogP contribution in [-0.4, -0.2) is 105 Å². The molecule has 2 saturated heterocycles. The number of halogens is 1. The molecule has 0 atom stereocenters. The lowest BCUT2D eigenvalue weighted by molar-refractivity contribution is -0.143. The lowest BCUT2D eigenvalue weighted by Crippen LogP contribution is -2.50. The van der Waals surface area contributed by atoms with Crippen LogP contribution in [0.2, 0.25) is 0 Å². The molecule has 0 saturated carbocycles. The minimum Gasteiger partial charge on any atom is -0.481 e. The van der Waals surface area contributed by atoms with Gasteiger partial charge in [-0.05, 0) is 48.7 Å². The summed E-state index contributed by atoms with van der Waals surface area (Å²) >= 11 is 5.71. The minimum atomic E-state index is -1.41. The van der Waals surface area contributed by atoms with Gasteiger partial charge in [-0.3, -0.25) is 24.6 Å². The van der Waals surface area contributed by atoms with Gasteiger partial charge in [-0.15, -0.1) is 11.6 Å². The molecule has 0 bridgehead atoms. The second kappa shape index (κ2) is 15.8. The van der Waals surface area contributed by atoms with E-state index in [1.807, 2.05) is 34.1 Å². The van der Waals surface area contributed by atoms with Gasteiger partial charge < -0.3 is 39.5 Å². The smallest absolute Gasteiger partial charge is 0.310 e. The number of aliphatic carboxylic acids is 2. The van der Waals surface area contributed by atoms with Crippen molar-refractivity contribution in [3.8, 4) is 11.5 Å². The number of rotatable bonds is 17. The molecule has 3 aliphatic heterocycles. The Bertz CT molecular complexity index is 1890. The maximum Gasteiger partial charge on any atom is 0.310 e. The van der Waals surface area contributed by atoms with Crippen LogP contribution in [0.5, 0.6) is 11.5 Å². The topological polar surface area (TPSA) is 179 Å². The lowest BCUT2D eigenvalue weighted by Gasteiger charge is -2.42. The predicted octanol–water partition coefficient (Wildman–Crippen LogP) is 4.95. The molecule has 3 aromatic carbocycles. The number of ketones is 1. The van der Waals surface area contributed by atoms with Gasteiger partial charge in [-0.25, -0.2) is 0 Å². The quantitative estimate of drug-likeness (QED) is 0.108. The summed E-state index contributed by atoms with van der Waals surface area (Å²) in [5.41, 5.74) is 2.10. The summed E-state index contributed by atoms with van der Waals surface area (Å²) in [7, 11) is 0. The molecule has 3 aromatic rings. The lowest BCUT2D eigenvalue weighted by atomic mass is 9.67. The Labute approximate surface area is 317 Å². The Morgan fingerprint density at radius 3 is 1.93 bits per heavy atom. The van der Waals surface area contributed by atoms with Crippen LogP contribution in [0.1, 0.15) is 63.1 Å². The van der Waals surface area contributed by atoms with Crippen LogP contribution in [-0.2, 0) is 24.5 Å². The molecule has 1 amide bonds. The Kier molecular flexibility index (Phi) is 10.9. The molecular weight excluding hydrogens is 716 g/mol. The van der Waals surface area contributed by atoms with Gasteiger partial charge in [0, 0.05) is 91.0 Å². The summed E-state index contributed by atoms with van der Waals surface area (Å²) in [4.78, 5) is 54.2. The number of ether oxygens (including phenoxy) is 3. The first-order chi connectivity index (χ1) is 26.1. The van der Waals surface area contributed by atoms with Crippen molar-refractivity contribution in [2.45, 2.75) is 31.1 Å². The molecule has 0 radical (unpaired) electrons. The van der Waals surface area contributed by atoms with Crippen molar-refractivity contribution in [2.75, 3.05) is 74.8 Å². The second-order valence-electron chi connectivity index (χ2n) is 14.1. The summed E-state index contributed by atoms with van der Waals surface area (Å²) in [5, 5.41) is 31.2. The van der Waals surface area contributed by atoms with Crippen LogP contribution in [0.4, 0.5) is 11.4 Å². The van der Waals surface area contributed by atoms with Crippen LogP contribution in [0.25, 0.3) is 0 Å². The SMILES string of the molecule is N=C1C(=O)c2ccc(C(=O)NCCOCCOCCCCCCCl)cc2C12c1ccc(N3CC(C(=O)O)C3)cc1Oc1cc(N3CC(C(=O)O)C3)ccc12. The second-order valence-corrected chi connectivity index (χ2v) is 14.5. The Balaban J connectivity index is 1.13. The monoisotopic (exact) mass is 758 g/mol. The van der Waals surface area contributed by atoms with Crippen LogP contribution in [0, 0.1) is 17.2 Å². The first-order valence-corrected chi connectivity index (χ1v) is 18.9. The number of amides is 1. The summed E-state index contributed by atoms with van der Waals surface area (Å²) in [6.45, 7) is 3.44. The van der Waals surface area contributed by atoms with Crippen molar-refractivity contribution < 1.29 is 43.6 Å². The zero-order valence-corrected chi connectivity index (χ0v) is 30.5. The fourth-order valence-corrected chi connectivity index (χ4v) is 7.85. The average molecular weight is 759 g/mol. The van der Waals surface area contributed by atoms with E-state index in [4.69, 9.17) is 25.8 Å². The van der Waals surface area contributed by atoms with E-state index in [-0.39, 0.29) is 18.2 Å². The highest BCUT2D eigenvalue weighted by Gasteiger charge is 2.56. The molecule has 7 rings (SSSR count). The van der Waals surface area contributed by atoms with E-state index in [9.17, 15) is 34.8 Å². The normalized spacial score (nSPS) is 17.0. The van der Waals surface area contributed by atoms with E-state index < -0.39 is 35.0 Å². The van der Waals surface area contributed by atoms with Crippen LogP contribution in [0.15, 0.2) is 54.6 Å². The molecule has 54 heavy (non-hydrogen) atoms. The molecule has 3 heterocycles. The van der Waals surface area contributed by atoms with E-state index in [1.54, 1.807) is 30.3 Å². The van der Waals surface area contributed by atoms with Gasteiger partial charge in [-0.2, -0.15) is 0 Å². The molecule has 1 aliphatic carbocycles. The Hall–Kier alpha value is -4.98. The number of hydrogen-bond donors (Lipinski definition) is 4. The number of carbonyl (C=O) groups excluding carboxylic acids is 2. The van der Waals surface area contributed by atoms with E-state index in [0.717, 1.165) is 37.1 Å². The highest BCUT2D eigenvalue weighted by molar-refractivity contribution is 6.53. The highest BCUT2D eigenvalue weighted by Crippen LogP contribution is 2.57. The van der Waals surface area contributed by atoms with Crippen molar-refractivity contribution in [3.05, 3.63) is 82.4 Å². The van der Waals surface area contributed by atoms with E-state index >= 15 is 0 Å². The van der Waals surface area contributed by atoms with Gasteiger partial charge >= 0.3 is 11.9 Å². The van der Waals surface area contributed by atoms with Crippen molar-refractivity contribution in [1.29, 1.82) is 5.41 Å².